The molecule has 1 saturated heterocycles. The second-order valence-electron chi connectivity index (χ2n) is 3.72. The molecule has 0 saturated carbocycles. The van der Waals surface area contributed by atoms with Gasteiger partial charge in [-0.2, -0.15) is 13.2 Å². The number of likely N-dealkylation sites (tertiary alicyclic amines) is 1. The maximum Gasteiger partial charge on any atom is 0.485 e. The van der Waals surface area contributed by atoms with Crippen LogP contribution in [0.4, 0.5) is 18.0 Å². The highest BCUT2D eigenvalue weighted by atomic mass is 19.4. The van der Waals surface area contributed by atoms with Gasteiger partial charge in [0.2, 0.25) is 5.91 Å². The summed E-state index contributed by atoms with van der Waals surface area (Å²) >= 11 is 0. The summed E-state index contributed by atoms with van der Waals surface area (Å²) < 4.78 is 35.1. The molecule has 1 heterocycles. The molecule has 98 valence electrons. The van der Waals surface area contributed by atoms with Crippen LogP contribution in [0.15, 0.2) is 0 Å². The van der Waals surface area contributed by atoms with Crippen molar-refractivity contribution in [3.05, 3.63) is 0 Å². The van der Waals surface area contributed by atoms with Crippen molar-refractivity contribution in [3.63, 3.8) is 0 Å². The fraction of sp³-hybridized carbons (Fsp3) is 0.778. The highest BCUT2D eigenvalue weighted by Gasteiger charge is 2.29. The van der Waals surface area contributed by atoms with Gasteiger partial charge in [0.1, 0.15) is 0 Å². The van der Waals surface area contributed by atoms with Gasteiger partial charge in [-0.25, -0.2) is 10.1 Å². The molecule has 1 rings (SSSR count). The first kappa shape index (κ1) is 13.6. The van der Waals surface area contributed by atoms with E-state index in [1.807, 2.05) is 0 Å². The maximum atomic E-state index is 11.7. The lowest BCUT2D eigenvalue weighted by Crippen LogP contribution is -2.44. The molecule has 0 unspecified atom stereocenters. The first-order chi connectivity index (χ1) is 7.88. The van der Waals surface area contributed by atoms with E-state index in [-0.39, 0.29) is 12.5 Å². The molecule has 0 atom stereocenters. The van der Waals surface area contributed by atoms with E-state index in [1.165, 1.54) is 0 Å². The van der Waals surface area contributed by atoms with Crippen molar-refractivity contribution in [2.24, 2.45) is 0 Å². The Bertz CT molecular complexity index is 294. The number of carbonyl (C=O) groups is 2. The van der Waals surface area contributed by atoms with Crippen LogP contribution in [-0.4, -0.2) is 42.8 Å². The quantitative estimate of drug-likeness (QED) is 0.575. The van der Waals surface area contributed by atoms with Crippen LogP contribution in [0.1, 0.15) is 19.3 Å². The third-order valence-electron chi connectivity index (χ3n) is 2.32. The Hall–Kier alpha value is -1.47. The van der Waals surface area contributed by atoms with Gasteiger partial charge in [-0.05, 0) is 12.8 Å². The van der Waals surface area contributed by atoms with Gasteiger partial charge >= 0.3 is 12.3 Å². The molecular weight excluding hydrogens is 239 g/mol. The van der Waals surface area contributed by atoms with Gasteiger partial charge in [0.25, 0.3) is 0 Å². The topological polar surface area (TPSA) is 61.4 Å². The number of urea groups is 1. The van der Waals surface area contributed by atoms with E-state index < -0.39 is 12.3 Å². The minimum Gasteiger partial charge on any atom is -0.343 e. The van der Waals surface area contributed by atoms with E-state index >= 15 is 0 Å². The minimum absolute atomic E-state index is 0.0599. The van der Waals surface area contributed by atoms with Gasteiger partial charge < -0.3 is 10.2 Å². The Morgan fingerprint density at radius 2 is 2.12 bits per heavy atom. The van der Waals surface area contributed by atoms with E-state index in [0.29, 0.717) is 25.9 Å². The Balaban J connectivity index is 2.08. The molecule has 0 bridgehead atoms. The summed E-state index contributed by atoms with van der Waals surface area (Å²) in [5, 5.41) is 2.90. The van der Waals surface area contributed by atoms with Crippen LogP contribution < -0.4 is 10.6 Å². The predicted molar refractivity (Wildman–Crippen MR) is 53.0 cm³/mol. The molecule has 0 aromatic carbocycles. The van der Waals surface area contributed by atoms with E-state index in [2.05, 4.69) is 5.32 Å². The fourth-order valence-corrected chi connectivity index (χ4v) is 1.59. The number of amides is 3. The lowest BCUT2D eigenvalue weighted by molar-refractivity contribution is -0.145. The van der Waals surface area contributed by atoms with E-state index in [4.69, 9.17) is 0 Å². The molecule has 0 radical (unpaired) electrons. The van der Waals surface area contributed by atoms with Crippen LogP contribution in [0.3, 0.4) is 0 Å². The lowest BCUT2D eigenvalue weighted by Gasteiger charge is -2.15. The Kier molecular flexibility index (Phi) is 4.59. The van der Waals surface area contributed by atoms with Crippen molar-refractivity contribution in [2.75, 3.05) is 19.6 Å². The zero-order chi connectivity index (χ0) is 12.9. The molecule has 0 aliphatic carbocycles. The predicted octanol–water partition coefficient (Wildman–Crippen LogP) is 0.818. The molecular formula is C9H14F3N3O2. The number of halogens is 3. The molecule has 3 amide bonds. The maximum absolute atomic E-state index is 11.7. The molecule has 17 heavy (non-hydrogen) atoms. The molecule has 0 spiro atoms. The highest BCUT2D eigenvalue weighted by Crippen LogP contribution is 2.10. The summed E-state index contributed by atoms with van der Waals surface area (Å²) in [6.07, 6.45) is -2.92. The molecule has 0 aromatic rings. The SMILES string of the molecule is O=C(NCCCN1CCCC1=O)NC(F)(F)F. The summed E-state index contributed by atoms with van der Waals surface area (Å²) in [7, 11) is 0. The summed E-state index contributed by atoms with van der Waals surface area (Å²) in [5.74, 6) is 0.0599. The van der Waals surface area contributed by atoms with Crippen molar-refractivity contribution in [3.8, 4) is 0 Å². The fourth-order valence-electron chi connectivity index (χ4n) is 1.59. The monoisotopic (exact) mass is 253 g/mol. The van der Waals surface area contributed by atoms with Crippen molar-refractivity contribution in [1.82, 2.24) is 15.5 Å². The first-order valence-electron chi connectivity index (χ1n) is 5.29. The third kappa shape index (κ3) is 5.41. The zero-order valence-electron chi connectivity index (χ0n) is 9.14. The number of hydrogen-bond acceptors (Lipinski definition) is 2. The smallest absolute Gasteiger partial charge is 0.343 e. The normalized spacial score (nSPS) is 16.2. The molecule has 5 nitrogen and oxygen atoms in total. The average Bonchev–Trinajstić information content (AvgIpc) is 2.56. The second-order valence-corrected chi connectivity index (χ2v) is 3.72. The number of hydrogen-bond donors (Lipinski definition) is 2. The van der Waals surface area contributed by atoms with E-state index in [0.717, 1.165) is 11.7 Å². The molecule has 8 heteroatoms. The summed E-state index contributed by atoms with van der Waals surface area (Å²) in [6, 6.07) is -1.27. The number of nitrogens with one attached hydrogen (secondary N) is 2. The summed E-state index contributed by atoms with van der Waals surface area (Å²) in [5.41, 5.74) is 0. The van der Waals surface area contributed by atoms with E-state index in [1.54, 1.807) is 4.90 Å². The van der Waals surface area contributed by atoms with Crippen LogP contribution in [-0.2, 0) is 4.79 Å². The van der Waals surface area contributed by atoms with Crippen molar-refractivity contribution in [2.45, 2.75) is 25.6 Å². The zero-order valence-corrected chi connectivity index (χ0v) is 9.14. The number of carbonyl (C=O) groups excluding carboxylic acids is 2. The van der Waals surface area contributed by atoms with Gasteiger partial charge in [0.05, 0.1) is 0 Å². The van der Waals surface area contributed by atoms with Crippen molar-refractivity contribution < 1.29 is 22.8 Å². The molecule has 1 aliphatic rings. The number of rotatable bonds is 4. The van der Waals surface area contributed by atoms with Gasteiger partial charge in [0.15, 0.2) is 0 Å². The van der Waals surface area contributed by atoms with E-state index in [9.17, 15) is 22.8 Å². The second kappa shape index (κ2) is 5.74. The van der Waals surface area contributed by atoms with Crippen LogP contribution in [0.5, 0.6) is 0 Å². The van der Waals surface area contributed by atoms with Gasteiger partial charge in [-0.1, -0.05) is 0 Å². The first-order valence-corrected chi connectivity index (χ1v) is 5.29. The molecule has 1 aliphatic heterocycles. The van der Waals surface area contributed by atoms with Crippen LogP contribution >= 0.6 is 0 Å². The van der Waals surface area contributed by atoms with Crippen molar-refractivity contribution >= 4 is 11.9 Å². The summed E-state index contributed by atoms with van der Waals surface area (Å²) in [6.45, 7) is 1.25. The van der Waals surface area contributed by atoms with Crippen LogP contribution in [0.2, 0.25) is 0 Å². The average molecular weight is 253 g/mol. The highest BCUT2D eigenvalue weighted by molar-refractivity contribution is 5.78. The van der Waals surface area contributed by atoms with Crippen LogP contribution in [0, 0.1) is 0 Å². The number of alkyl halides is 3. The Morgan fingerprint density at radius 1 is 1.41 bits per heavy atom. The van der Waals surface area contributed by atoms with Crippen molar-refractivity contribution in [1.29, 1.82) is 0 Å². The molecule has 2 N–H and O–H groups in total. The van der Waals surface area contributed by atoms with Crippen LogP contribution in [0.25, 0.3) is 0 Å². The Labute approximate surface area is 96.3 Å². The number of nitrogens with zero attached hydrogens (tertiary/aromatic N) is 1. The molecule has 0 aromatic heterocycles. The minimum atomic E-state index is -4.71. The standard InChI is InChI=1S/C9H14F3N3O2/c10-9(11,12)14-8(17)13-4-2-6-15-5-1-3-7(15)16/h1-6H2,(H2,13,14,17). The van der Waals surface area contributed by atoms with Gasteiger partial charge in [-0.3, -0.25) is 4.79 Å². The summed E-state index contributed by atoms with van der Waals surface area (Å²) in [4.78, 5) is 23.5. The van der Waals surface area contributed by atoms with Gasteiger partial charge in [-0.15, -0.1) is 0 Å². The lowest BCUT2D eigenvalue weighted by atomic mass is 10.4. The molecule has 1 fully saturated rings. The largest absolute Gasteiger partial charge is 0.485 e. The third-order valence-corrected chi connectivity index (χ3v) is 2.32. The Morgan fingerprint density at radius 3 is 2.65 bits per heavy atom. The van der Waals surface area contributed by atoms with Gasteiger partial charge in [0, 0.05) is 26.1 Å².